The summed E-state index contributed by atoms with van der Waals surface area (Å²) in [7, 11) is 0. The van der Waals surface area contributed by atoms with Crippen molar-refractivity contribution in [3.05, 3.63) is 69.3 Å². The van der Waals surface area contributed by atoms with Crippen molar-refractivity contribution >= 4 is 17.4 Å². The summed E-state index contributed by atoms with van der Waals surface area (Å²) in [5, 5.41) is 15.3. The Bertz CT molecular complexity index is 1130. The summed E-state index contributed by atoms with van der Waals surface area (Å²) in [4.78, 5) is 36.1. The normalized spacial score (nSPS) is 14.0. The molecule has 1 aliphatic heterocycles. The van der Waals surface area contributed by atoms with Crippen LogP contribution in [-0.4, -0.2) is 61.7 Å². The molecule has 4 rings (SSSR count). The van der Waals surface area contributed by atoms with Crippen molar-refractivity contribution in [3.8, 4) is 5.82 Å². The van der Waals surface area contributed by atoms with Gasteiger partial charge in [0, 0.05) is 55.6 Å². The third-order valence-electron chi connectivity index (χ3n) is 5.25. The van der Waals surface area contributed by atoms with Crippen molar-refractivity contribution in [2.45, 2.75) is 20.8 Å². The summed E-state index contributed by atoms with van der Waals surface area (Å²) >= 11 is 0. The van der Waals surface area contributed by atoms with Crippen molar-refractivity contribution in [3.63, 3.8) is 0 Å². The van der Waals surface area contributed by atoms with Crippen LogP contribution in [0.4, 0.5) is 11.5 Å². The van der Waals surface area contributed by atoms with Gasteiger partial charge in [-0.1, -0.05) is 0 Å². The summed E-state index contributed by atoms with van der Waals surface area (Å²) in [6, 6.07) is 9.63. The van der Waals surface area contributed by atoms with Crippen LogP contribution in [-0.2, 0) is 0 Å². The number of benzene rings is 1. The van der Waals surface area contributed by atoms with Crippen LogP contribution in [0.25, 0.3) is 5.82 Å². The van der Waals surface area contributed by atoms with E-state index in [-0.39, 0.29) is 11.6 Å². The van der Waals surface area contributed by atoms with Gasteiger partial charge in [0.15, 0.2) is 5.82 Å². The second-order valence-electron chi connectivity index (χ2n) is 7.55. The lowest BCUT2D eigenvalue weighted by Gasteiger charge is -2.35. The van der Waals surface area contributed by atoms with Crippen LogP contribution in [0.3, 0.4) is 0 Å². The van der Waals surface area contributed by atoms with Crippen molar-refractivity contribution in [2.24, 2.45) is 0 Å². The van der Waals surface area contributed by atoms with E-state index in [4.69, 9.17) is 0 Å². The molecule has 0 unspecified atom stereocenters. The first-order chi connectivity index (χ1) is 14.8. The number of nitro groups is 1. The zero-order valence-electron chi connectivity index (χ0n) is 17.6. The van der Waals surface area contributed by atoms with E-state index in [1.807, 2.05) is 37.6 Å². The maximum atomic E-state index is 12.8. The zero-order chi connectivity index (χ0) is 22.1. The Morgan fingerprint density at radius 2 is 1.61 bits per heavy atom. The number of aromatic nitrogens is 4. The molecular formula is C21H23N7O3. The van der Waals surface area contributed by atoms with E-state index in [2.05, 4.69) is 20.0 Å². The Morgan fingerprint density at radius 3 is 2.19 bits per heavy atom. The molecule has 0 saturated carbocycles. The minimum Gasteiger partial charge on any atom is -0.353 e. The number of rotatable bonds is 4. The van der Waals surface area contributed by atoms with Crippen molar-refractivity contribution in [1.29, 1.82) is 0 Å². The monoisotopic (exact) mass is 421 g/mol. The topological polar surface area (TPSA) is 110 Å². The molecule has 3 heterocycles. The number of anilines is 1. The number of aryl methyl sites for hydroxylation is 3. The van der Waals surface area contributed by atoms with Gasteiger partial charge in [-0.05, 0) is 39.0 Å². The minimum atomic E-state index is -0.475. The standard InChI is InChI=1S/C21H23N7O3/c1-14-12-15(2)27(24-14)20-13-19(22-16(3)23-20)25-8-10-26(11-9-25)21(29)17-4-6-18(7-5-17)28(30)31/h4-7,12-13H,8-11H2,1-3H3. The summed E-state index contributed by atoms with van der Waals surface area (Å²) in [6.07, 6.45) is 0. The lowest BCUT2D eigenvalue weighted by Crippen LogP contribution is -2.49. The van der Waals surface area contributed by atoms with E-state index in [1.54, 1.807) is 4.90 Å². The van der Waals surface area contributed by atoms with Gasteiger partial charge in [0.25, 0.3) is 11.6 Å². The number of non-ortho nitro benzene ring substituents is 1. The van der Waals surface area contributed by atoms with Crippen molar-refractivity contribution < 1.29 is 9.72 Å². The van der Waals surface area contributed by atoms with Crippen LogP contribution in [0.5, 0.6) is 0 Å². The summed E-state index contributed by atoms with van der Waals surface area (Å²) < 4.78 is 1.81. The maximum Gasteiger partial charge on any atom is 0.269 e. The molecule has 1 amide bonds. The van der Waals surface area contributed by atoms with Crippen molar-refractivity contribution in [2.75, 3.05) is 31.1 Å². The first-order valence-corrected chi connectivity index (χ1v) is 10.00. The number of hydrogen-bond acceptors (Lipinski definition) is 7. The number of carbonyl (C=O) groups excluding carboxylic acids is 1. The second kappa shape index (κ2) is 8.13. The summed E-state index contributed by atoms with van der Waals surface area (Å²) in [5.74, 6) is 2.05. The van der Waals surface area contributed by atoms with E-state index < -0.39 is 4.92 Å². The first kappa shape index (κ1) is 20.5. The average Bonchev–Trinajstić information content (AvgIpc) is 3.11. The van der Waals surface area contributed by atoms with Crippen LogP contribution in [0.2, 0.25) is 0 Å². The molecule has 0 aliphatic carbocycles. The van der Waals surface area contributed by atoms with Gasteiger partial charge >= 0.3 is 0 Å². The summed E-state index contributed by atoms with van der Waals surface area (Å²) in [6.45, 7) is 8.12. The van der Waals surface area contributed by atoms with Gasteiger partial charge < -0.3 is 9.80 Å². The van der Waals surface area contributed by atoms with Crippen LogP contribution in [0, 0.1) is 30.9 Å². The predicted molar refractivity (Wildman–Crippen MR) is 115 cm³/mol. The van der Waals surface area contributed by atoms with Crippen LogP contribution < -0.4 is 4.90 Å². The lowest BCUT2D eigenvalue weighted by molar-refractivity contribution is -0.384. The SMILES string of the molecule is Cc1cc(C)n(-c2cc(N3CCN(C(=O)c4ccc([N+](=O)[O-])cc4)CC3)nc(C)n2)n1. The fourth-order valence-corrected chi connectivity index (χ4v) is 3.71. The highest BCUT2D eigenvalue weighted by Crippen LogP contribution is 2.20. The zero-order valence-corrected chi connectivity index (χ0v) is 17.6. The molecule has 2 aromatic heterocycles. The van der Waals surface area contributed by atoms with E-state index in [0.29, 0.717) is 37.6 Å². The molecule has 31 heavy (non-hydrogen) atoms. The highest BCUT2D eigenvalue weighted by atomic mass is 16.6. The van der Waals surface area contributed by atoms with Crippen molar-refractivity contribution in [1.82, 2.24) is 24.6 Å². The Balaban J connectivity index is 1.47. The van der Waals surface area contributed by atoms with Gasteiger partial charge in [0.1, 0.15) is 11.6 Å². The van der Waals surface area contributed by atoms with Gasteiger partial charge in [-0.2, -0.15) is 5.10 Å². The third-order valence-corrected chi connectivity index (χ3v) is 5.25. The largest absolute Gasteiger partial charge is 0.353 e. The molecule has 0 N–H and O–H groups in total. The molecule has 10 heteroatoms. The Labute approximate surface area is 179 Å². The molecule has 0 radical (unpaired) electrons. The third kappa shape index (κ3) is 4.23. The molecule has 1 fully saturated rings. The smallest absolute Gasteiger partial charge is 0.269 e. The highest BCUT2D eigenvalue weighted by molar-refractivity contribution is 5.94. The van der Waals surface area contributed by atoms with E-state index in [9.17, 15) is 14.9 Å². The maximum absolute atomic E-state index is 12.8. The van der Waals surface area contributed by atoms with Crippen LogP contribution in [0.15, 0.2) is 36.4 Å². The fraction of sp³-hybridized carbons (Fsp3) is 0.333. The molecule has 0 bridgehead atoms. The van der Waals surface area contributed by atoms with Crippen LogP contribution >= 0.6 is 0 Å². The molecule has 160 valence electrons. The van der Waals surface area contributed by atoms with Gasteiger partial charge in [0.05, 0.1) is 10.6 Å². The van der Waals surface area contributed by atoms with Gasteiger partial charge in [-0.25, -0.2) is 14.6 Å². The van der Waals surface area contributed by atoms with Gasteiger partial charge in [-0.15, -0.1) is 0 Å². The molecule has 0 spiro atoms. The number of carbonyl (C=O) groups is 1. The molecule has 1 aliphatic rings. The van der Waals surface area contributed by atoms with Crippen LogP contribution in [0.1, 0.15) is 27.6 Å². The molecule has 3 aromatic rings. The van der Waals surface area contributed by atoms with Gasteiger partial charge in [-0.3, -0.25) is 14.9 Å². The number of piperazine rings is 1. The summed E-state index contributed by atoms with van der Waals surface area (Å²) in [5.41, 5.74) is 2.34. The molecule has 1 saturated heterocycles. The molecular weight excluding hydrogens is 398 g/mol. The molecule has 10 nitrogen and oxygen atoms in total. The second-order valence-corrected chi connectivity index (χ2v) is 7.55. The number of hydrogen-bond donors (Lipinski definition) is 0. The molecule has 0 atom stereocenters. The number of nitrogens with zero attached hydrogens (tertiary/aromatic N) is 7. The van der Waals surface area contributed by atoms with E-state index in [0.717, 1.165) is 23.0 Å². The Hall–Kier alpha value is -3.82. The minimum absolute atomic E-state index is 0.0288. The van der Waals surface area contributed by atoms with E-state index in [1.165, 1.54) is 24.3 Å². The number of amides is 1. The Kier molecular flexibility index (Phi) is 5.37. The molecule has 1 aromatic carbocycles. The average molecular weight is 421 g/mol. The number of nitro benzene ring substituents is 1. The first-order valence-electron chi connectivity index (χ1n) is 10.00. The quantitative estimate of drug-likeness (QED) is 0.470. The lowest BCUT2D eigenvalue weighted by atomic mass is 10.1. The Morgan fingerprint density at radius 1 is 0.968 bits per heavy atom. The predicted octanol–water partition coefficient (Wildman–Crippen LogP) is 2.46. The van der Waals surface area contributed by atoms with Gasteiger partial charge in [0.2, 0.25) is 0 Å². The van der Waals surface area contributed by atoms with E-state index >= 15 is 0 Å². The fourth-order valence-electron chi connectivity index (χ4n) is 3.71. The highest BCUT2D eigenvalue weighted by Gasteiger charge is 2.24.